The maximum Gasteiger partial charge on any atom is 1.00 e. The molecule has 2 amide bonds. The van der Waals surface area contributed by atoms with Gasteiger partial charge in [-0.3, -0.25) is 9.59 Å². The van der Waals surface area contributed by atoms with E-state index in [1.54, 1.807) is 45.0 Å². The van der Waals surface area contributed by atoms with Crippen LogP contribution in [0.5, 0.6) is 5.75 Å². The van der Waals surface area contributed by atoms with Gasteiger partial charge in [-0.15, -0.1) is 11.8 Å². The van der Waals surface area contributed by atoms with Crippen LogP contribution in [0.2, 0.25) is 0 Å². The van der Waals surface area contributed by atoms with Gasteiger partial charge < -0.3 is 24.9 Å². The van der Waals surface area contributed by atoms with Crippen molar-refractivity contribution in [1.82, 2.24) is 10.2 Å². The Balaban J connectivity index is 0.00000243. The van der Waals surface area contributed by atoms with Crippen molar-refractivity contribution < 1.29 is 75.6 Å². The number of β-lactam (4-membered cyclic amide) rings is 1. The summed E-state index contributed by atoms with van der Waals surface area (Å²) < 4.78 is 4.87. The number of nitrogens with zero attached hydrogens (tertiary/aromatic N) is 1. The third-order valence-corrected chi connectivity index (χ3v) is 5.96. The molecule has 2 heterocycles. The van der Waals surface area contributed by atoms with Crippen LogP contribution in [0.4, 0.5) is 0 Å². The van der Waals surface area contributed by atoms with Gasteiger partial charge in [0, 0.05) is 4.75 Å². The Morgan fingerprint density at radius 1 is 1.31 bits per heavy atom. The molecule has 1 aromatic rings. The first kappa shape index (κ1) is 21.7. The zero-order valence-electron chi connectivity index (χ0n) is 15.1. The van der Waals surface area contributed by atoms with E-state index in [0.717, 1.165) is 0 Å². The molecule has 2 aliphatic rings. The topological polar surface area (TPSA) is 98.8 Å². The van der Waals surface area contributed by atoms with Gasteiger partial charge in [0.1, 0.15) is 17.2 Å². The van der Waals surface area contributed by atoms with Crippen LogP contribution in [0.1, 0.15) is 20.8 Å². The second kappa shape index (κ2) is 8.20. The molecule has 3 rings (SSSR count). The van der Waals surface area contributed by atoms with E-state index in [-0.39, 0.29) is 51.4 Å². The molecule has 0 bridgehead atoms. The van der Waals surface area contributed by atoms with E-state index < -0.39 is 46.1 Å². The number of carboxylic acid groups (broad SMARTS) is 1. The molecule has 1 N–H and O–H groups in total. The van der Waals surface area contributed by atoms with Crippen molar-refractivity contribution in [3.05, 3.63) is 30.3 Å². The monoisotopic (exact) mass is 402 g/mol. The quantitative estimate of drug-likeness (QED) is 0.410. The van der Waals surface area contributed by atoms with Gasteiger partial charge in [0.15, 0.2) is 6.10 Å². The summed E-state index contributed by atoms with van der Waals surface area (Å²) in [6, 6.07) is 7.16. The second-order valence-corrected chi connectivity index (χ2v) is 8.41. The molecule has 0 spiro atoms. The number of rotatable bonds is 5. The molecule has 0 radical (unpaired) electrons. The molecule has 134 valence electrons. The minimum Gasteiger partial charge on any atom is -0.548 e. The molecule has 0 aromatic heterocycles. The Morgan fingerprint density at radius 2 is 1.92 bits per heavy atom. The number of thioether (sulfide) groups is 1. The number of benzene rings is 1. The van der Waals surface area contributed by atoms with Crippen molar-refractivity contribution in [2.24, 2.45) is 0 Å². The number of carbonyl (C=O) groups is 3. The number of fused-ring (bicyclic) bond motifs is 1. The third kappa shape index (κ3) is 3.97. The van der Waals surface area contributed by atoms with Gasteiger partial charge in [0.25, 0.3) is 5.91 Å². The van der Waals surface area contributed by atoms with Crippen LogP contribution in [0.3, 0.4) is 0 Å². The van der Waals surface area contributed by atoms with Gasteiger partial charge in [-0.25, -0.2) is 0 Å². The van der Waals surface area contributed by atoms with Gasteiger partial charge in [0.2, 0.25) is 5.91 Å². The van der Waals surface area contributed by atoms with Crippen molar-refractivity contribution in [2.45, 2.75) is 49.1 Å². The smallest absolute Gasteiger partial charge is 0.548 e. The van der Waals surface area contributed by atoms with E-state index in [9.17, 15) is 19.5 Å². The molecule has 1 aromatic carbocycles. The standard InChI is InChI=1S/C17H20N2O5S.K/c1-9(24-10-7-5-4-6-8-10)13(20)18-11-14(21)19-12(16(22)23)17(2,3)25-15(11)19;/h4-9,11-12,15H,1-3H3,(H,18,20)(H,22,23);/q;+1/p-1/t9?,11-,12+,15-;/m0./s1. The summed E-state index contributed by atoms with van der Waals surface area (Å²) in [7, 11) is 0. The van der Waals surface area contributed by atoms with Crippen molar-refractivity contribution in [3.8, 4) is 5.75 Å². The average molecular weight is 403 g/mol. The van der Waals surface area contributed by atoms with Gasteiger partial charge in [-0.05, 0) is 32.9 Å². The average Bonchev–Trinajstić information content (AvgIpc) is 2.81. The summed E-state index contributed by atoms with van der Waals surface area (Å²) in [5, 5.41) is 13.6. The van der Waals surface area contributed by atoms with Crippen LogP contribution >= 0.6 is 11.8 Å². The minimum atomic E-state index is -1.28. The molecule has 2 aliphatic heterocycles. The van der Waals surface area contributed by atoms with Crippen molar-refractivity contribution >= 4 is 29.5 Å². The van der Waals surface area contributed by atoms with Crippen LogP contribution < -0.4 is 66.5 Å². The summed E-state index contributed by atoms with van der Waals surface area (Å²) >= 11 is 1.35. The molecule has 0 saturated carbocycles. The van der Waals surface area contributed by atoms with E-state index in [1.807, 2.05) is 6.07 Å². The van der Waals surface area contributed by atoms with Crippen LogP contribution in [-0.4, -0.2) is 51.0 Å². The van der Waals surface area contributed by atoms with Gasteiger partial charge in [-0.1, -0.05) is 18.2 Å². The largest absolute Gasteiger partial charge is 1.00 e. The summed E-state index contributed by atoms with van der Waals surface area (Å²) in [4.78, 5) is 37.3. The van der Waals surface area contributed by atoms with E-state index in [2.05, 4.69) is 5.32 Å². The third-order valence-electron chi connectivity index (χ3n) is 4.39. The van der Waals surface area contributed by atoms with Crippen LogP contribution in [0, 0.1) is 0 Å². The molecule has 2 saturated heterocycles. The number of hydrogen-bond donors (Lipinski definition) is 1. The van der Waals surface area contributed by atoms with Crippen molar-refractivity contribution in [2.75, 3.05) is 0 Å². The van der Waals surface area contributed by atoms with E-state index in [4.69, 9.17) is 4.74 Å². The van der Waals surface area contributed by atoms with Crippen LogP contribution in [-0.2, 0) is 14.4 Å². The fourth-order valence-corrected chi connectivity index (χ4v) is 4.77. The number of ether oxygens (including phenoxy) is 1. The fourth-order valence-electron chi connectivity index (χ4n) is 3.15. The van der Waals surface area contributed by atoms with E-state index in [0.29, 0.717) is 5.75 Å². The van der Waals surface area contributed by atoms with Gasteiger partial charge in [0.05, 0.1) is 12.0 Å². The Labute approximate surface area is 198 Å². The summed E-state index contributed by atoms with van der Waals surface area (Å²) in [6.45, 7) is 5.10. The number of carboxylic acids is 1. The second-order valence-electron chi connectivity index (χ2n) is 6.64. The summed E-state index contributed by atoms with van der Waals surface area (Å²) in [6.07, 6.45) is -0.777. The summed E-state index contributed by atoms with van der Waals surface area (Å²) in [5.41, 5.74) is 0. The zero-order valence-corrected chi connectivity index (χ0v) is 19.0. The number of carbonyl (C=O) groups excluding carboxylic acids is 3. The van der Waals surface area contributed by atoms with E-state index >= 15 is 0 Å². The van der Waals surface area contributed by atoms with Crippen molar-refractivity contribution in [3.63, 3.8) is 0 Å². The fraction of sp³-hybridized carbons (Fsp3) is 0.471. The molecule has 7 nitrogen and oxygen atoms in total. The molecular weight excluding hydrogens is 383 g/mol. The van der Waals surface area contributed by atoms with Gasteiger partial charge >= 0.3 is 51.4 Å². The molecule has 26 heavy (non-hydrogen) atoms. The maximum atomic E-state index is 12.3. The predicted octanol–water partition coefficient (Wildman–Crippen LogP) is -3.25. The molecule has 2 fully saturated rings. The van der Waals surface area contributed by atoms with E-state index in [1.165, 1.54) is 16.7 Å². The number of para-hydroxylation sites is 1. The van der Waals surface area contributed by atoms with Crippen LogP contribution in [0.25, 0.3) is 0 Å². The number of amides is 2. The first-order valence-corrected chi connectivity index (χ1v) is 8.83. The van der Waals surface area contributed by atoms with Gasteiger partial charge in [-0.2, -0.15) is 0 Å². The summed E-state index contributed by atoms with van der Waals surface area (Å²) in [5.74, 6) is -1.55. The minimum absolute atomic E-state index is 0. The predicted molar refractivity (Wildman–Crippen MR) is 89.6 cm³/mol. The molecule has 1 unspecified atom stereocenters. The Kier molecular flexibility index (Phi) is 6.84. The Hall–Kier alpha value is -0.584. The number of aliphatic carboxylic acids is 1. The molecule has 0 aliphatic carbocycles. The molecule has 9 heteroatoms. The SMILES string of the molecule is CC(Oc1ccccc1)C(=O)N[C@H]1C(=O)N2[C@H]1SC(C)(C)[C@H]2C(=O)[O-].[K+]. The number of hydrogen-bond acceptors (Lipinski definition) is 6. The first-order valence-electron chi connectivity index (χ1n) is 7.95. The molecule has 4 atom stereocenters. The Morgan fingerprint density at radius 3 is 2.50 bits per heavy atom. The molecular formula is C17H19KN2O5S. The van der Waals surface area contributed by atoms with Crippen molar-refractivity contribution in [1.29, 1.82) is 0 Å². The Bertz CT molecular complexity index is 714. The van der Waals surface area contributed by atoms with Crippen LogP contribution in [0.15, 0.2) is 30.3 Å². The first-order chi connectivity index (χ1) is 11.7. The normalized spacial score (nSPS) is 26.8. The number of nitrogens with one attached hydrogen (secondary N) is 1. The zero-order chi connectivity index (χ0) is 18.4. The maximum absolute atomic E-state index is 12.3.